The van der Waals surface area contributed by atoms with E-state index in [9.17, 15) is 4.79 Å². The first-order valence-electron chi connectivity index (χ1n) is 11.6. The lowest BCUT2D eigenvalue weighted by Gasteiger charge is -2.37. The highest BCUT2D eigenvalue weighted by Gasteiger charge is 2.35. The van der Waals surface area contributed by atoms with E-state index in [1.165, 1.54) is 31.2 Å². The van der Waals surface area contributed by atoms with Crippen LogP contribution in [0, 0.1) is 5.92 Å². The highest BCUT2D eigenvalue weighted by molar-refractivity contribution is 5.78. The van der Waals surface area contributed by atoms with E-state index >= 15 is 0 Å². The average Bonchev–Trinajstić information content (AvgIpc) is 3.42. The van der Waals surface area contributed by atoms with Crippen molar-refractivity contribution in [3.05, 3.63) is 29.3 Å². The standard InChI is InChI=1S/C24H36N2O3/c1-2-12-28-23-15-19(8-9-21(23)26-20-5-3-4-6-20)24(27)25-16-17-7-10-22-18(14-17)11-13-29-22/h7,10,14,19-21,23,26H,2-6,8-9,11-13,15-16H2,1H3,(H,25,27)/t19-,21-,23-/m0/s1. The smallest absolute Gasteiger partial charge is 0.223 e. The third-order valence-electron chi connectivity index (χ3n) is 6.72. The van der Waals surface area contributed by atoms with Crippen molar-refractivity contribution in [3.8, 4) is 5.75 Å². The van der Waals surface area contributed by atoms with Gasteiger partial charge in [0, 0.05) is 37.6 Å². The van der Waals surface area contributed by atoms with Gasteiger partial charge >= 0.3 is 0 Å². The summed E-state index contributed by atoms with van der Waals surface area (Å²) in [5.41, 5.74) is 2.40. The number of ether oxygens (including phenoxy) is 2. The molecule has 0 unspecified atom stereocenters. The Morgan fingerprint density at radius 3 is 2.90 bits per heavy atom. The molecule has 29 heavy (non-hydrogen) atoms. The van der Waals surface area contributed by atoms with Crippen molar-refractivity contribution >= 4 is 5.91 Å². The van der Waals surface area contributed by atoms with Crippen LogP contribution in [0.4, 0.5) is 0 Å². The van der Waals surface area contributed by atoms with E-state index in [0.29, 0.717) is 18.6 Å². The fourth-order valence-corrected chi connectivity index (χ4v) is 5.09. The lowest BCUT2D eigenvalue weighted by molar-refractivity contribution is -0.128. The topological polar surface area (TPSA) is 59.6 Å². The molecule has 0 saturated heterocycles. The largest absolute Gasteiger partial charge is 0.493 e. The van der Waals surface area contributed by atoms with Crippen molar-refractivity contribution in [2.45, 2.75) is 89.4 Å². The second-order valence-electron chi connectivity index (χ2n) is 8.93. The molecule has 2 aliphatic carbocycles. The molecule has 1 aliphatic heterocycles. The summed E-state index contributed by atoms with van der Waals surface area (Å²) in [5.74, 6) is 1.21. The van der Waals surface area contributed by atoms with Crippen molar-refractivity contribution in [2.75, 3.05) is 13.2 Å². The van der Waals surface area contributed by atoms with Gasteiger partial charge in [-0.2, -0.15) is 0 Å². The Balaban J connectivity index is 1.30. The second kappa shape index (κ2) is 9.94. The Hall–Kier alpha value is -1.59. The zero-order chi connectivity index (χ0) is 20.1. The Labute approximate surface area is 174 Å². The van der Waals surface area contributed by atoms with E-state index in [4.69, 9.17) is 9.47 Å². The van der Waals surface area contributed by atoms with E-state index in [1.54, 1.807) is 0 Å². The Kier molecular flexibility index (Phi) is 7.09. The molecule has 1 amide bonds. The minimum absolute atomic E-state index is 0.0521. The molecule has 5 nitrogen and oxygen atoms in total. The highest BCUT2D eigenvalue weighted by atomic mass is 16.5. The normalized spacial score (nSPS) is 26.9. The van der Waals surface area contributed by atoms with Crippen LogP contribution in [0.3, 0.4) is 0 Å². The lowest BCUT2D eigenvalue weighted by Crippen LogP contribution is -2.50. The molecule has 4 rings (SSSR count). The van der Waals surface area contributed by atoms with E-state index < -0.39 is 0 Å². The molecular formula is C24H36N2O3. The Morgan fingerprint density at radius 1 is 1.21 bits per heavy atom. The molecule has 0 radical (unpaired) electrons. The maximum atomic E-state index is 12.9. The number of nitrogens with one attached hydrogen (secondary N) is 2. The lowest BCUT2D eigenvalue weighted by atomic mass is 9.82. The van der Waals surface area contributed by atoms with Gasteiger partial charge in [0.05, 0.1) is 12.7 Å². The van der Waals surface area contributed by atoms with Gasteiger partial charge in [0.2, 0.25) is 5.91 Å². The molecule has 3 atom stereocenters. The van der Waals surface area contributed by atoms with Crippen LogP contribution in [0.2, 0.25) is 0 Å². The number of hydrogen-bond acceptors (Lipinski definition) is 4. The Bertz CT molecular complexity index is 687. The van der Waals surface area contributed by atoms with Gasteiger partial charge in [0.15, 0.2) is 0 Å². The van der Waals surface area contributed by atoms with E-state index in [1.807, 2.05) is 6.07 Å². The van der Waals surface area contributed by atoms with Gasteiger partial charge in [-0.25, -0.2) is 0 Å². The first-order chi connectivity index (χ1) is 14.2. The summed E-state index contributed by atoms with van der Waals surface area (Å²) in [4.78, 5) is 12.9. The maximum Gasteiger partial charge on any atom is 0.223 e. The number of amides is 1. The minimum atomic E-state index is 0.0521. The first-order valence-corrected chi connectivity index (χ1v) is 11.6. The van der Waals surface area contributed by atoms with Crippen molar-refractivity contribution < 1.29 is 14.3 Å². The molecule has 2 saturated carbocycles. The van der Waals surface area contributed by atoms with Gasteiger partial charge in [-0.1, -0.05) is 31.9 Å². The average molecular weight is 401 g/mol. The second-order valence-corrected chi connectivity index (χ2v) is 8.93. The van der Waals surface area contributed by atoms with Crippen LogP contribution in [-0.2, 0) is 22.5 Å². The Morgan fingerprint density at radius 2 is 2.07 bits per heavy atom. The maximum absolute atomic E-state index is 12.9. The number of fused-ring (bicyclic) bond motifs is 1. The molecular weight excluding hydrogens is 364 g/mol. The molecule has 0 spiro atoms. The van der Waals surface area contributed by atoms with Crippen molar-refractivity contribution in [3.63, 3.8) is 0 Å². The predicted molar refractivity (Wildman–Crippen MR) is 114 cm³/mol. The summed E-state index contributed by atoms with van der Waals surface area (Å²) in [5, 5.41) is 7.02. The van der Waals surface area contributed by atoms with Crippen LogP contribution in [0.1, 0.15) is 69.4 Å². The van der Waals surface area contributed by atoms with E-state index in [2.05, 4.69) is 29.7 Å². The fourth-order valence-electron chi connectivity index (χ4n) is 5.09. The van der Waals surface area contributed by atoms with Crippen LogP contribution in [0.5, 0.6) is 5.75 Å². The summed E-state index contributed by atoms with van der Waals surface area (Å²) in [7, 11) is 0. The summed E-state index contributed by atoms with van der Waals surface area (Å²) < 4.78 is 11.8. The molecule has 3 aliphatic rings. The molecule has 2 N–H and O–H groups in total. The molecule has 0 bridgehead atoms. The summed E-state index contributed by atoms with van der Waals surface area (Å²) in [6, 6.07) is 7.28. The van der Waals surface area contributed by atoms with Crippen LogP contribution in [-0.4, -0.2) is 37.3 Å². The van der Waals surface area contributed by atoms with Crippen LogP contribution in [0.25, 0.3) is 0 Å². The van der Waals surface area contributed by atoms with Crippen LogP contribution >= 0.6 is 0 Å². The molecule has 5 heteroatoms. The summed E-state index contributed by atoms with van der Waals surface area (Å²) in [6.45, 7) is 4.28. The van der Waals surface area contributed by atoms with Gasteiger partial charge in [0.1, 0.15) is 5.75 Å². The SMILES string of the molecule is CCCO[C@H]1C[C@@H](C(=O)NCc2ccc3c(c2)CCO3)CC[C@@H]1NC1CCCC1. The minimum Gasteiger partial charge on any atom is -0.493 e. The first kappa shape index (κ1) is 20.7. The molecule has 1 aromatic carbocycles. The number of carbonyl (C=O) groups excluding carboxylic acids is 1. The molecule has 1 heterocycles. The van der Waals surface area contributed by atoms with Gasteiger partial charge in [0.25, 0.3) is 0 Å². The van der Waals surface area contributed by atoms with Crippen LogP contribution < -0.4 is 15.4 Å². The third kappa shape index (κ3) is 5.32. The van der Waals surface area contributed by atoms with Gasteiger partial charge in [-0.05, 0) is 55.7 Å². The van der Waals surface area contributed by atoms with Gasteiger partial charge in [-0.3, -0.25) is 4.79 Å². The summed E-state index contributed by atoms with van der Waals surface area (Å²) >= 11 is 0. The molecule has 0 aromatic heterocycles. The van der Waals surface area contributed by atoms with E-state index in [-0.39, 0.29) is 17.9 Å². The number of carbonyl (C=O) groups is 1. The van der Waals surface area contributed by atoms with Crippen molar-refractivity contribution in [1.29, 1.82) is 0 Å². The van der Waals surface area contributed by atoms with Gasteiger partial charge in [-0.15, -0.1) is 0 Å². The predicted octanol–water partition coefficient (Wildman–Crippen LogP) is 3.73. The monoisotopic (exact) mass is 400 g/mol. The number of rotatable bonds is 8. The quantitative estimate of drug-likeness (QED) is 0.698. The van der Waals surface area contributed by atoms with Crippen molar-refractivity contribution in [2.24, 2.45) is 5.92 Å². The summed E-state index contributed by atoms with van der Waals surface area (Å²) in [6.07, 6.45) is 10.2. The number of benzene rings is 1. The van der Waals surface area contributed by atoms with E-state index in [0.717, 1.165) is 56.6 Å². The molecule has 2 fully saturated rings. The van der Waals surface area contributed by atoms with Crippen molar-refractivity contribution in [1.82, 2.24) is 10.6 Å². The zero-order valence-electron chi connectivity index (χ0n) is 17.8. The van der Waals surface area contributed by atoms with Gasteiger partial charge < -0.3 is 20.1 Å². The zero-order valence-corrected chi connectivity index (χ0v) is 17.8. The number of hydrogen-bond donors (Lipinski definition) is 2. The highest BCUT2D eigenvalue weighted by Crippen LogP contribution is 2.30. The fraction of sp³-hybridized carbons (Fsp3) is 0.708. The third-order valence-corrected chi connectivity index (χ3v) is 6.72. The molecule has 1 aromatic rings. The molecule has 160 valence electrons. The van der Waals surface area contributed by atoms with Crippen LogP contribution in [0.15, 0.2) is 18.2 Å².